The maximum absolute atomic E-state index is 12.2. The SMILES string of the molecule is CC.O=C(O)/C(=C/c1ccc(OC2CCCCC2)cc1)NC(=O)c1ccccc1. The summed E-state index contributed by atoms with van der Waals surface area (Å²) < 4.78 is 5.98. The van der Waals surface area contributed by atoms with E-state index < -0.39 is 11.9 Å². The molecule has 0 heterocycles. The minimum absolute atomic E-state index is 0.176. The van der Waals surface area contributed by atoms with Crippen molar-refractivity contribution in [3.63, 3.8) is 0 Å². The molecule has 29 heavy (non-hydrogen) atoms. The lowest BCUT2D eigenvalue weighted by Gasteiger charge is -2.23. The lowest BCUT2D eigenvalue weighted by molar-refractivity contribution is -0.132. The molecule has 0 radical (unpaired) electrons. The van der Waals surface area contributed by atoms with E-state index in [1.54, 1.807) is 42.5 Å². The summed E-state index contributed by atoms with van der Waals surface area (Å²) in [5.41, 5.74) is 0.905. The smallest absolute Gasteiger partial charge is 0.352 e. The van der Waals surface area contributed by atoms with Crippen LogP contribution >= 0.6 is 0 Å². The number of hydrogen-bond donors (Lipinski definition) is 2. The summed E-state index contributed by atoms with van der Waals surface area (Å²) in [5.74, 6) is -0.868. The van der Waals surface area contributed by atoms with Crippen molar-refractivity contribution in [2.45, 2.75) is 52.1 Å². The van der Waals surface area contributed by atoms with Gasteiger partial charge in [-0.15, -0.1) is 0 Å². The van der Waals surface area contributed by atoms with Crippen LogP contribution in [0.4, 0.5) is 0 Å². The van der Waals surface area contributed by atoms with Crippen molar-refractivity contribution in [1.29, 1.82) is 0 Å². The highest BCUT2D eigenvalue weighted by atomic mass is 16.5. The minimum Gasteiger partial charge on any atom is -0.490 e. The molecule has 1 fully saturated rings. The van der Waals surface area contributed by atoms with Crippen molar-refractivity contribution in [3.8, 4) is 5.75 Å². The van der Waals surface area contributed by atoms with Gasteiger partial charge in [-0.25, -0.2) is 4.79 Å². The summed E-state index contributed by atoms with van der Waals surface area (Å²) >= 11 is 0. The highest BCUT2D eigenvalue weighted by molar-refractivity contribution is 6.02. The molecule has 0 unspecified atom stereocenters. The molecule has 0 bridgehead atoms. The molecule has 1 aliphatic rings. The normalized spacial score (nSPS) is 14.3. The third kappa shape index (κ3) is 7.11. The highest BCUT2D eigenvalue weighted by Crippen LogP contribution is 2.24. The fraction of sp³-hybridized carbons (Fsp3) is 0.333. The molecule has 2 aromatic carbocycles. The van der Waals surface area contributed by atoms with E-state index in [-0.39, 0.29) is 11.8 Å². The Hall–Kier alpha value is -3.08. The van der Waals surface area contributed by atoms with Gasteiger partial charge in [-0.1, -0.05) is 50.6 Å². The van der Waals surface area contributed by atoms with Crippen molar-refractivity contribution in [2.24, 2.45) is 0 Å². The second-order valence-corrected chi connectivity index (χ2v) is 6.63. The molecule has 154 valence electrons. The van der Waals surface area contributed by atoms with Crippen LogP contribution in [0, 0.1) is 0 Å². The van der Waals surface area contributed by atoms with Gasteiger partial charge in [-0.05, 0) is 61.6 Å². The number of benzene rings is 2. The molecule has 1 aliphatic carbocycles. The third-order valence-corrected chi connectivity index (χ3v) is 4.56. The van der Waals surface area contributed by atoms with Crippen molar-refractivity contribution in [3.05, 3.63) is 71.4 Å². The van der Waals surface area contributed by atoms with Crippen LogP contribution in [0.2, 0.25) is 0 Å². The first-order chi connectivity index (χ1) is 14.1. The van der Waals surface area contributed by atoms with Crippen LogP contribution in [0.1, 0.15) is 61.9 Å². The summed E-state index contributed by atoms with van der Waals surface area (Å²) in [4.78, 5) is 23.7. The lowest BCUT2D eigenvalue weighted by Crippen LogP contribution is -2.27. The number of amides is 1. The number of rotatable bonds is 6. The Morgan fingerprint density at radius 1 is 0.966 bits per heavy atom. The Morgan fingerprint density at radius 3 is 2.17 bits per heavy atom. The predicted octanol–water partition coefficient (Wildman–Crippen LogP) is 5.28. The van der Waals surface area contributed by atoms with Crippen LogP contribution in [0.3, 0.4) is 0 Å². The molecule has 1 saturated carbocycles. The fourth-order valence-corrected chi connectivity index (χ4v) is 3.12. The van der Waals surface area contributed by atoms with Gasteiger partial charge in [0.1, 0.15) is 11.4 Å². The lowest BCUT2D eigenvalue weighted by atomic mass is 9.98. The van der Waals surface area contributed by atoms with Crippen LogP contribution in [-0.4, -0.2) is 23.1 Å². The zero-order valence-corrected chi connectivity index (χ0v) is 17.1. The standard InChI is InChI=1S/C22H23NO4.C2H6/c24-21(17-7-3-1-4-8-17)23-20(22(25)26)15-16-11-13-19(14-12-16)27-18-9-5-2-6-10-18;1-2/h1,3-4,7-8,11-15,18H,2,5-6,9-10H2,(H,23,24)(H,25,26);1-2H3/b20-15-;. The fourth-order valence-electron chi connectivity index (χ4n) is 3.12. The van der Waals surface area contributed by atoms with Gasteiger partial charge < -0.3 is 15.2 Å². The van der Waals surface area contributed by atoms with Crippen LogP contribution in [0.15, 0.2) is 60.3 Å². The zero-order chi connectivity index (χ0) is 21.1. The second-order valence-electron chi connectivity index (χ2n) is 6.63. The van der Waals surface area contributed by atoms with E-state index in [2.05, 4.69) is 5.32 Å². The van der Waals surface area contributed by atoms with E-state index in [0.717, 1.165) is 18.6 Å². The van der Waals surface area contributed by atoms with Gasteiger partial charge >= 0.3 is 5.97 Å². The van der Waals surface area contributed by atoms with Crippen molar-refractivity contribution < 1.29 is 19.4 Å². The van der Waals surface area contributed by atoms with Gasteiger partial charge in [-0.2, -0.15) is 0 Å². The van der Waals surface area contributed by atoms with E-state index in [9.17, 15) is 14.7 Å². The summed E-state index contributed by atoms with van der Waals surface area (Å²) in [7, 11) is 0. The zero-order valence-electron chi connectivity index (χ0n) is 17.1. The van der Waals surface area contributed by atoms with Gasteiger partial charge in [0, 0.05) is 5.56 Å². The monoisotopic (exact) mass is 395 g/mol. The second kappa shape index (κ2) is 11.7. The van der Waals surface area contributed by atoms with E-state index in [4.69, 9.17) is 4.74 Å². The van der Waals surface area contributed by atoms with Gasteiger partial charge in [0.05, 0.1) is 6.10 Å². The molecule has 0 aliphatic heterocycles. The molecule has 2 N–H and O–H groups in total. The molecule has 5 nitrogen and oxygen atoms in total. The number of carboxylic acids is 1. The van der Waals surface area contributed by atoms with Gasteiger partial charge in [0.2, 0.25) is 0 Å². The molecule has 0 aromatic heterocycles. The van der Waals surface area contributed by atoms with Crippen molar-refractivity contribution in [1.82, 2.24) is 5.32 Å². The molecule has 0 saturated heterocycles. The highest BCUT2D eigenvalue weighted by Gasteiger charge is 2.15. The maximum Gasteiger partial charge on any atom is 0.352 e. The van der Waals surface area contributed by atoms with E-state index >= 15 is 0 Å². The van der Waals surface area contributed by atoms with Crippen LogP contribution in [-0.2, 0) is 4.79 Å². The maximum atomic E-state index is 12.2. The Balaban J connectivity index is 0.00000145. The third-order valence-electron chi connectivity index (χ3n) is 4.56. The molecular formula is C24H29NO4. The Bertz CT molecular complexity index is 807. The van der Waals surface area contributed by atoms with Gasteiger partial charge in [0.15, 0.2) is 0 Å². The number of carboxylic acid groups (broad SMARTS) is 1. The average molecular weight is 395 g/mol. The summed E-state index contributed by atoms with van der Waals surface area (Å²) in [6.45, 7) is 4.00. The number of nitrogens with one attached hydrogen (secondary N) is 1. The Labute approximate surface area is 172 Å². The first-order valence-electron chi connectivity index (χ1n) is 10.2. The first kappa shape index (κ1) is 22.2. The molecule has 3 rings (SSSR count). The van der Waals surface area contributed by atoms with Crippen molar-refractivity contribution >= 4 is 18.0 Å². The number of carbonyl (C=O) groups excluding carboxylic acids is 1. The number of carbonyl (C=O) groups is 2. The number of ether oxygens (including phenoxy) is 1. The number of hydrogen-bond acceptors (Lipinski definition) is 3. The van der Waals surface area contributed by atoms with Gasteiger partial charge in [-0.3, -0.25) is 4.79 Å². The minimum atomic E-state index is -1.19. The average Bonchev–Trinajstić information content (AvgIpc) is 2.77. The van der Waals surface area contributed by atoms with E-state index in [1.165, 1.54) is 25.3 Å². The quantitative estimate of drug-likeness (QED) is 0.653. The number of aliphatic carboxylic acids is 1. The van der Waals surface area contributed by atoms with Crippen LogP contribution < -0.4 is 10.1 Å². The largest absolute Gasteiger partial charge is 0.490 e. The summed E-state index contributed by atoms with van der Waals surface area (Å²) in [5, 5.41) is 11.8. The Morgan fingerprint density at radius 2 is 1.59 bits per heavy atom. The van der Waals surface area contributed by atoms with Gasteiger partial charge in [0.25, 0.3) is 5.91 Å². The molecule has 0 spiro atoms. The predicted molar refractivity (Wildman–Crippen MR) is 115 cm³/mol. The van der Waals surface area contributed by atoms with Crippen LogP contribution in [0.5, 0.6) is 5.75 Å². The van der Waals surface area contributed by atoms with E-state index in [0.29, 0.717) is 11.1 Å². The molecule has 1 amide bonds. The summed E-state index contributed by atoms with van der Waals surface area (Å²) in [6, 6.07) is 15.7. The summed E-state index contributed by atoms with van der Waals surface area (Å²) in [6.07, 6.45) is 7.54. The molecule has 2 aromatic rings. The van der Waals surface area contributed by atoms with Crippen LogP contribution in [0.25, 0.3) is 6.08 Å². The molecule has 5 heteroatoms. The molecule has 0 atom stereocenters. The Kier molecular flexibility index (Phi) is 8.96. The first-order valence-corrected chi connectivity index (χ1v) is 10.2. The topological polar surface area (TPSA) is 75.6 Å². The van der Waals surface area contributed by atoms with E-state index in [1.807, 2.05) is 26.0 Å². The molecular weight excluding hydrogens is 366 g/mol. The van der Waals surface area contributed by atoms with Crippen molar-refractivity contribution in [2.75, 3.05) is 0 Å².